The van der Waals surface area contributed by atoms with Gasteiger partial charge in [0.25, 0.3) is 0 Å². The van der Waals surface area contributed by atoms with Crippen molar-refractivity contribution in [2.24, 2.45) is 22.7 Å². The molecule has 1 N–H and O–H groups in total. The lowest BCUT2D eigenvalue weighted by Crippen LogP contribution is -2.44. The smallest absolute Gasteiger partial charge is 0.227 e. The molecule has 0 saturated carbocycles. The highest BCUT2D eigenvalue weighted by atomic mass is 35.5. The van der Waals surface area contributed by atoms with Crippen molar-refractivity contribution in [3.63, 3.8) is 0 Å². The first-order valence-corrected chi connectivity index (χ1v) is 24.7. The van der Waals surface area contributed by atoms with Crippen LogP contribution in [0.5, 0.6) is 0 Å². The Morgan fingerprint density at radius 1 is 0.652 bits per heavy atom. The van der Waals surface area contributed by atoms with Gasteiger partial charge in [0.1, 0.15) is 11.6 Å². The number of aryl methyl sites for hydroxylation is 6. The van der Waals surface area contributed by atoms with Crippen molar-refractivity contribution in [2.75, 3.05) is 26.2 Å². The van der Waals surface area contributed by atoms with E-state index in [1.165, 1.54) is 82.6 Å². The predicted octanol–water partition coefficient (Wildman–Crippen LogP) is 11.5. The Morgan fingerprint density at radius 3 is 1.55 bits per heavy atom. The molecule has 0 atom stereocenters. The molecule has 2 aromatic carbocycles. The SMILES string of the molecule is CC(C)(C)C(=O)Cl.CC(C)(C)C(=O)N1CCC(CCc2nccc(-c3cn4c5c(cccc35)CCC4)n2)CC1.Cl.c1cc2c3c(c1)c(-c1ccnc(CCC4CCNCC4)n1)cn3CCC2. The highest BCUT2D eigenvalue weighted by molar-refractivity contribution is 6.64. The van der Waals surface area contributed by atoms with Gasteiger partial charge in [0.05, 0.1) is 22.4 Å². The van der Waals surface area contributed by atoms with Gasteiger partial charge in [0.2, 0.25) is 11.1 Å². The summed E-state index contributed by atoms with van der Waals surface area (Å²) in [5.74, 6) is 3.67. The fourth-order valence-corrected chi connectivity index (χ4v) is 9.99. The minimum Gasteiger partial charge on any atom is -0.347 e. The lowest BCUT2D eigenvalue weighted by atomic mass is 9.89. The zero-order valence-corrected chi connectivity index (χ0v) is 41.6. The Bertz CT molecular complexity index is 2610. The molecule has 10 rings (SSSR count). The normalized spacial score (nSPS) is 16.5. The van der Waals surface area contributed by atoms with Gasteiger partial charge in [-0.2, -0.15) is 0 Å². The minimum atomic E-state index is -0.373. The van der Waals surface area contributed by atoms with Crippen LogP contribution in [0.3, 0.4) is 0 Å². The average Bonchev–Trinajstić information content (AvgIpc) is 3.89. The number of rotatable bonds is 8. The summed E-state index contributed by atoms with van der Waals surface area (Å²) in [5, 5.41) is 5.81. The van der Waals surface area contributed by atoms with Gasteiger partial charge in [0, 0.05) is 96.5 Å². The highest BCUT2D eigenvalue weighted by Gasteiger charge is 2.30. The third-order valence-corrected chi connectivity index (χ3v) is 14.3. The molecule has 352 valence electrons. The number of benzene rings is 2. The fraction of sp³-hybridized carbons (Fsp3) is 0.519. The topological polar surface area (TPSA) is 111 Å². The largest absolute Gasteiger partial charge is 0.347 e. The van der Waals surface area contributed by atoms with Crippen LogP contribution in [0, 0.1) is 22.7 Å². The van der Waals surface area contributed by atoms with Gasteiger partial charge in [-0.05, 0) is 124 Å². The van der Waals surface area contributed by atoms with Crippen LogP contribution >= 0.6 is 24.0 Å². The zero-order chi connectivity index (χ0) is 45.7. The maximum absolute atomic E-state index is 12.5. The number of nitrogens with zero attached hydrogens (tertiary/aromatic N) is 7. The molecule has 0 aliphatic carbocycles. The maximum atomic E-state index is 12.5. The number of halogens is 2. The maximum Gasteiger partial charge on any atom is 0.227 e. The molecule has 0 radical (unpaired) electrons. The molecular formula is C54H70Cl2N8O2. The van der Waals surface area contributed by atoms with Crippen LogP contribution in [0.4, 0.5) is 0 Å². The van der Waals surface area contributed by atoms with Gasteiger partial charge in [-0.1, -0.05) is 77.9 Å². The molecule has 66 heavy (non-hydrogen) atoms. The van der Waals surface area contributed by atoms with Crippen molar-refractivity contribution >= 4 is 57.0 Å². The Morgan fingerprint density at radius 2 is 1.11 bits per heavy atom. The van der Waals surface area contributed by atoms with Crippen LogP contribution in [0.15, 0.2) is 73.3 Å². The summed E-state index contributed by atoms with van der Waals surface area (Å²) in [6, 6.07) is 17.5. The predicted molar refractivity (Wildman–Crippen MR) is 271 cm³/mol. The molecule has 12 heteroatoms. The van der Waals surface area contributed by atoms with E-state index >= 15 is 0 Å². The van der Waals surface area contributed by atoms with Crippen molar-refractivity contribution in [1.82, 2.24) is 39.3 Å². The first-order valence-electron chi connectivity index (χ1n) is 24.3. The first kappa shape index (κ1) is 49.3. The zero-order valence-electron chi connectivity index (χ0n) is 40.0. The lowest BCUT2D eigenvalue weighted by molar-refractivity contribution is -0.140. The van der Waals surface area contributed by atoms with Gasteiger partial charge < -0.3 is 19.4 Å². The Kier molecular flexibility index (Phi) is 16.1. The molecule has 0 bridgehead atoms. The van der Waals surface area contributed by atoms with Gasteiger partial charge >= 0.3 is 0 Å². The number of nitrogens with one attached hydrogen (secondary N) is 1. The second kappa shape index (κ2) is 21.5. The molecule has 4 aliphatic heterocycles. The number of hydrogen-bond donors (Lipinski definition) is 1. The molecular weight excluding hydrogens is 864 g/mol. The summed E-state index contributed by atoms with van der Waals surface area (Å²) in [5.41, 5.74) is 9.63. The van der Waals surface area contributed by atoms with E-state index in [0.29, 0.717) is 5.92 Å². The highest BCUT2D eigenvalue weighted by Crippen LogP contribution is 2.36. The number of carbonyl (C=O) groups is 2. The number of carbonyl (C=O) groups excluding carboxylic acids is 2. The van der Waals surface area contributed by atoms with Gasteiger partial charge in [0.15, 0.2) is 0 Å². The summed E-state index contributed by atoms with van der Waals surface area (Å²) in [6.45, 7) is 17.6. The van der Waals surface area contributed by atoms with Crippen molar-refractivity contribution < 1.29 is 9.59 Å². The molecule has 0 spiro atoms. The second-order valence-electron chi connectivity index (χ2n) is 20.8. The summed E-state index contributed by atoms with van der Waals surface area (Å²) in [6.07, 6.45) is 22.1. The summed E-state index contributed by atoms with van der Waals surface area (Å²) in [4.78, 5) is 43.8. The van der Waals surface area contributed by atoms with Crippen LogP contribution in [-0.2, 0) is 48.4 Å². The Labute approximate surface area is 403 Å². The quantitative estimate of drug-likeness (QED) is 0.151. The van der Waals surface area contributed by atoms with Gasteiger partial charge in [-0.15, -0.1) is 12.4 Å². The molecule has 1 amide bonds. The van der Waals surface area contributed by atoms with E-state index in [1.54, 1.807) is 20.8 Å². The molecule has 4 aromatic heterocycles. The van der Waals surface area contributed by atoms with E-state index in [-0.39, 0.29) is 34.4 Å². The first-order chi connectivity index (χ1) is 31.2. The van der Waals surface area contributed by atoms with E-state index in [0.717, 1.165) is 107 Å². The van der Waals surface area contributed by atoms with Crippen LogP contribution in [0.1, 0.15) is 116 Å². The molecule has 2 saturated heterocycles. The van der Waals surface area contributed by atoms with E-state index in [2.05, 4.69) is 79.3 Å². The van der Waals surface area contributed by atoms with Crippen LogP contribution in [0.25, 0.3) is 44.3 Å². The van der Waals surface area contributed by atoms with E-state index in [1.807, 2.05) is 44.1 Å². The number of para-hydroxylation sites is 2. The summed E-state index contributed by atoms with van der Waals surface area (Å²) in [7, 11) is 0. The monoisotopic (exact) mass is 932 g/mol. The summed E-state index contributed by atoms with van der Waals surface area (Å²) >= 11 is 5.11. The Balaban J connectivity index is 0.000000172. The fourth-order valence-electron chi connectivity index (χ4n) is 9.99. The number of likely N-dealkylation sites (tertiary alicyclic amines) is 1. The van der Waals surface area contributed by atoms with Crippen molar-refractivity contribution in [1.29, 1.82) is 0 Å². The van der Waals surface area contributed by atoms with Crippen molar-refractivity contribution in [2.45, 2.75) is 132 Å². The number of hydrogen-bond acceptors (Lipinski definition) is 7. The van der Waals surface area contributed by atoms with Crippen LogP contribution < -0.4 is 5.32 Å². The Hall–Kier alpha value is -4.64. The van der Waals surface area contributed by atoms with Crippen molar-refractivity contribution in [3.05, 3.63) is 96.1 Å². The van der Waals surface area contributed by atoms with Gasteiger partial charge in [-0.25, -0.2) is 19.9 Å². The molecule has 8 heterocycles. The molecule has 6 aromatic rings. The van der Waals surface area contributed by atoms with Gasteiger partial charge in [-0.3, -0.25) is 9.59 Å². The van der Waals surface area contributed by atoms with Crippen molar-refractivity contribution in [3.8, 4) is 22.5 Å². The van der Waals surface area contributed by atoms with Crippen LogP contribution in [0.2, 0.25) is 0 Å². The minimum absolute atomic E-state index is 0. The number of amides is 1. The third-order valence-electron chi connectivity index (χ3n) is 13.8. The molecule has 10 nitrogen and oxygen atoms in total. The van der Waals surface area contributed by atoms with E-state index in [9.17, 15) is 9.59 Å². The second-order valence-corrected chi connectivity index (χ2v) is 21.1. The number of piperidine rings is 2. The molecule has 4 aliphatic rings. The summed E-state index contributed by atoms with van der Waals surface area (Å²) < 4.78 is 4.82. The van der Waals surface area contributed by atoms with E-state index < -0.39 is 0 Å². The molecule has 2 fully saturated rings. The van der Waals surface area contributed by atoms with E-state index in [4.69, 9.17) is 21.6 Å². The van der Waals surface area contributed by atoms with Crippen LogP contribution in [-0.4, -0.2) is 71.3 Å². The lowest BCUT2D eigenvalue weighted by Gasteiger charge is -2.35. The molecule has 0 unspecified atom stereocenters. The third kappa shape index (κ3) is 11.7. The number of aromatic nitrogens is 6. The standard InChI is InChI=1S/C27H34N4O.C22H26N4.C5H9ClO.ClH/c1-27(2,3)26(32)30-16-12-19(13-17-30)9-10-24-28-14-11-23(29-24)22-18-31-15-5-7-20-6-4-8-21(22)25(20)31;1-3-17-4-2-14-26-15-19(18(5-1)22(17)26)20-10-13-24-21(25-20)7-6-16-8-11-23-12-9-16;1-5(2,3)4(6)7;/h4,6,8,11,14,18-19H,5,7,9-10,12-13,15-17H2,1-3H3;1,3,5,10,13,15-16,23H,2,4,6-9,11-12,14H2;1-3H3;1H. The average molecular weight is 934 g/mol.